The van der Waals surface area contributed by atoms with Crippen LogP contribution in [0.2, 0.25) is 0 Å². The van der Waals surface area contributed by atoms with Crippen LogP contribution >= 0.6 is 0 Å². The average molecular weight is 365 g/mol. The molecule has 0 rings (SSSR count). The molecule has 0 bridgehead atoms. The van der Waals surface area contributed by atoms with Crippen LogP contribution < -0.4 is 0 Å². The van der Waals surface area contributed by atoms with E-state index >= 15 is 0 Å². The van der Waals surface area contributed by atoms with Crippen LogP contribution in [0.3, 0.4) is 0 Å². The number of carbonyl (C=O) groups is 1. The molecule has 0 aliphatic heterocycles. The Bertz CT molecular complexity index is 473. The zero-order valence-corrected chi connectivity index (χ0v) is 16.6. The molecule has 148 valence electrons. The fraction of sp³-hybridized carbons (Fsp3) is 0.591. The maximum atomic E-state index is 11.0. The van der Waals surface area contributed by atoms with Gasteiger partial charge in [-0.15, -0.1) is 0 Å². The molecule has 4 nitrogen and oxygen atoms in total. The van der Waals surface area contributed by atoms with Gasteiger partial charge in [0.2, 0.25) is 0 Å². The number of esters is 1. The number of methoxy groups -OCH3 is 1. The fourth-order valence-electron chi connectivity index (χ4n) is 2.36. The van der Waals surface area contributed by atoms with E-state index in [0.717, 1.165) is 12.8 Å². The third kappa shape index (κ3) is 15.9. The molecule has 0 aromatic rings. The summed E-state index contributed by atoms with van der Waals surface area (Å²) < 4.78 is 4.58. The lowest BCUT2D eigenvalue weighted by Gasteiger charge is -2.17. The second kappa shape index (κ2) is 15.6. The summed E-state index contributed by atoms with van der Waals surface area (Å²) in [5.74, 6) is -0.253. The van der Waals surface area contributed by atoms with Gasteiger partial charge in [-0.25, -0.2) is 0 Å². The van der Waals surface area contributed by atoms with Crippen LogP contribution in [0.1, 0.15) is 65.2 Å². The van der Waals surface area contributed by atoms with Crippen molar-refractivity contribution in [3.8, 4) is 0 Å². The molecule has 0 saturated heterocycles. The standard InChI is InChI=1S/C22H36O4/c1-4-5-11-15-20(23)16-12-9-7-6-8-10-13-18-22(2,25)19-14-17-21(24)26-3/h6-10,12-13,18,20,23,25H,4-5,11,14-17,19H2,1-3H3/b7-6+,10-8-,12-9+,18-13+/t20-,22?/m1/s1. The maximum Gasteiger partial charge on any atom is 0.305 e. The van der Waals surface area contributed by atoms with Crippen LogP contribution in [-0.4, -0.2) is 35.0 Å². The molecular weight excluding hydrogens is 328 g/mol. The monoisotopic (exact) mass is 364 g/mol. The van der Waals surface area contributed by atoms with Crippen molar-refractivity contribution in [3.63, 3.8) is 0 Å². The molecule has 0 aliphatic carbocycles. The Morgan fingerprint density at radius 1 is 1.08 bits per heavy atom. The predicted octanol–water partition coefficient (Wildman–Crippen LogP) is 4.64. The number of unbranched alkanes of at least 4 members (excludes halogenated alkanes) is 2. The summed E-state index contributed by atoms with van der Waals surface area (Å²) in [5, 5.41) is 20.0. The second-order valence-corrected chi connectivity index (χ2v) is 6.73. The van der Waals surface area contributed by atoms with E-state index in [1.54, 1.807) is 19.1 Å². The Kier molecular flexibility index (Phi) is 14.6. The van der Waals surface area contributed by atoms with E-state index < -0.39 is 5.60 Å². The molecule has 0 heterocycles. The molecule has 0 aliphatic rings. The number of rotatable bonds is 14. The van der Waals surface area contributed by atoms with E-state index in [9.17, 15) is 15.0 Å². The molecule has 0 saturated carbocycles. The molecule has 4 heteroatoms. The van der Waals surface area contributed by atoms with E-state index in [1.807, 2.05) is 36.5 Å². The normalized spacial score (nSPS) is 16.0. The van der Waals surface area contributed by atoms with Crippen molar-refractivity contribution in [1.82, 2.24) is 0 Å². The number of aliphatic hydroxyl groups excluding tert-OH is 1. The average Bonchev–Trinajstić information content (AvgIpc) is 2.60. The molecule has 0 aromatic carbocycles. The Labute approximate surface area is 159 Å². The number of hydrogen-bond donors (Lipinski definition) is 2. The van der Waals surface area contributed by atoms with E-state index in [-0.39, 0.29) is 12.1 Å². The summed E-state index contributed by atoms with van der Waals surface area (Å²) in [6, 6.07) is 0. The van der Waals surface area contributed by atoms with Crippen molar-refractivity contribution in [2.45, 2.75) is 76.9 Å². The SMILES string of the molecule is CCCCC[C@@H](O)C/C=C/C=C/C=C\C=C\C(C)(O)CCCC(=O)OC. The van der Waals surface area contributed by atoms with E-state index in [4.69, 9.17) is 0 Å². The van der Waals surface area contributed by atoms with Gasteiger partial charge in [-0.05, 0) is 32.6 Å². The first kappa shape index (κ1) is 24.4. The molecule has 0 aromatic heterocycles. The molecule has 1 unspecified atom stereocenters. The predicted molar refractivity (Wildman–Crippen MR) is 108 cm³/mol. The Morgan fingerprint density at radius 2 is 1.73 bits per heavy atom. The van der Waals surface area contributed by atoms with Crippen LogP contribution in [0.4, 0.5) is 0 Å². The minimum Gasteiger partial charge on any atom is -0.469 e. The number of carbonyl (C=O) groups excluding carboxylic acids is 1. The summed E-state index contributed by atoms with van der Waals surface area (Å²) in [6.45, 7) is 3.88. The third-order valence-corrected chi connectivity index (χ3v) is 3.99. The number of ether oxygens (including phenoxy) is 1. The van der Waals surface area contributed by atoms with E-state index in [0.29, 0.717) is 25.7 Å². The Balaban J connectivity index is 3.98. The van der Waals surface area contributed by atoms with Crippen molar-refractivity contribution in [2.24, 2.45) is 0 Å². The number of hydrogen-bond acceptors (Lipinski definition) is 4. The highest BCUT2D eigenvalue weighted by Gasteiger charge is 2.16. The fourth-order valence-corrected chi connectivity index (χ4v) is 2.36. The van der Waals surface area contributed by atoms with Gasteiger partial charge in [0.25, 0.3) is 0 Å². The van der Waals surface area contributed by atoms with Crippen LogP contribution in [0, 0.1) is 0 Å². The summed E-state index contributed by atoms with van der Waals surface area (Å²) in [7, 11) is 1.36. The summed E-state index contributed by atoms with van der Waals surface area (Å²) >= 11 is 0. The zero-order valence-electron chi connectivity index (χ0n) is 16.6. The highest BCUT2D eigenvalue weighted by Crippen LogP contribution is 2.15. The lowest BCUT2D eigenvalue weighted by Crippen LogP contribution is -2.20. The van der Waals surface area contributed by atoms with Gasteiger partial charge in [0.1, 0.15) is 0 Å². The van der Waals surface area contributed by atoms with Gasteiger partial charge in [-0.2, -0.15) is 0 Å². The van der Waals surface area contributed by atoms with Gasteiger partial charge < -0.3 is 14.9 Å². The Hall–Kier alpha value is -1.65. The van der Waals surface area contributed by atoms with Gasteiger partial charge in [-0.3, -0.25) is 4.79 Å². The lowest BCUT2D eigenvalue weighted by atomic mass is 9.98. The zero-order chi connectivity index (χ0) is 19.7. The number of aliphatic hydroxyl groups is 2. The quantitative estimate of drug-likeness (QED) is 0.268. The van der Waals surface area contributed by atoms with Crippen molar-refractivity contribution >= 4 is 5.97 Å². The minimum atomic E-state index is -0.935. The largest absolute Gasteiger partial charge is 0.469 e. The smallest absolute Gasteiger partial charge is 0.305 e. The topological polar surface area (TPSA) is 66.8 Å². The highest BCUT2D eigenvalue weighted by molar-refractivity contribution is 5.69. The molecule has 0 amide bonds. The van der Waals surface area contributed by atoms with Crippen molar-refractivity contribution in [1.29, 1.82) is 0 Å². The first-order valence-corrected chi connectivity index (χ1v) is 9.56. The number of allylic oxidation sites excluding steroid dienone is 6. The van der Waals surface area contributed by atoms with Crippen molar-refractivity contribution in [3.05, 3.63) is 48.6 Å². The van der Waals surface area contributed by atoms with E-state index in [2.05, 4.69) is 11.7 Å². The molecule has 2 atom stereocenters. The van der Waals surface area contributed by atoms with Crippen molar-refractivity contribution < 1.29 is 19.7 Å². The highest BCUT2D eigenvalue weighted by atomic mass is 16.5. The second-order valence-electron chi connectivity index (χ2n) is 6.73. The van der Waals surface area contributed by atoms with Crippen molar-refractivity contribution in [2.75, 3.05) is 7.11 Å². The molecular formula is C22H36O4. The van der Waals surface area contributed by atoms with Gasteiger partial charge in [0, 0.05) is 6.42 Å². The van der Waals surface area contributed by atoms with E-state index in [1.165, 1.54) is 20.0 Å². The Morgan fingerprint density at radius 3 is 2.38 bits per heavy atom. The minimum absolute atomic E-state index is 0.244. The summed E-state index contributed by atoms with van der Waals surface area (Å²) in [5.41, 5.74) is -0.935. The van der Waals surface area contributed by atoms with Crippen LogP contribution in [-0.2, 0) is 9.53 Å². The molecule has 0 fully saturated rings. The lowest BCUT2D eigenvalue weighted by molar-refractivity contribution is -0.140. The first-order chi connectivity index (χ1) is 12.4. The summed E-state index contributed by atoms with van der Waals surface area (Å²) in [4.78, 5) is 11.0. The molecule has 26 heavy (non-hydrogen) atoms. The first-order valence-electron chi connectivity index (χ1n) is 9.56. The maximum absolute atomic E-state index is 11.0. The van der Waals surface area contributed by atoms with Crippen LogP contribution in [0.25, 0.3) is 0 Å². The van der Waals surface area contributed by atoms with Gasteiger partial charge >= 0.3 is 5.97 Å². The third-order valence-electron chi connectivity index (χ3n) is 3.99. The van der Waals surface area contributed by atoms with Gasteiger partial charge in [-0.1, -0.05) is 74.8 Å². The molecule has 2 N–H and O–H groups in total. The van der Waals surface area contributed by atoms with Gasteiger partial charge in [0.05, 0.1) is 18.8 Å². The van der Waals surface area contributed by atoms with Crippen LogP contribution in [0.15, 0.2) is 48.6 Å². The summed E-state index contributed by atoms with van der Waals surface area (Å²) in [6.07, 6.45) is 21.1. The van der Waals surface area contributed by atoms with Crippen LogP contribution in [0.5, 0.6) is 0 Å². The van der Waals surface area contributed by atoms with Gasteiger partial charge in [0.15, 0.2) is 0 Å². The molecule has 0 spiro atoms. The molecule has 0 radical (unpaired) electrons.